The van der Waals surface area contributed by atoms with E-state index in [1.54, 1.807) is 30.1 Å². The van der Waals surface area contributed by atoms with Gasteiger partial charge in [-0.15, -0.1) is 0 Å². The van der Waals surface area contributed by atoms with Gasteiger partial charge in [0.2, 0.25) is 11.8 Å². The van der Waals surface area contributed by atoms with E-state index in [0.717, 1.165) is 12.1 Å². The van der Waals surface area contributed by atoms with Crippen LogP contribution in [0.5, 0.6) is 0 Å². The molecule has 0 saturated carbocycles. The number of hydrogen-bond acceptors (Lipinski definition) is 4. The molecule has 1 fully saturated rings. The maximum absolute atomic E-state index is 12.3. The fourth-order valence-corrected chi connectivity index (χ4v) is 2.78. The van der Waals surface area contributed by atoms with Crippen molar-refractivity contribution in [2.24, 2.45) is 5.92 Å². The predicted octanol–water partition coefficient (Wildman–Crippen LogP) is 0.0725. The molecule has 3 amide bonds. The summed E-state index contributed by atoms with van der Waals surface area (Å²) in [5, 5.41) is 5.45. The third kappa shape index (κ3) is 5.29. The molecule has 7 nitrogen and oxygen atoms in total. The quantitative estimate of drug-likeness (QED) is 0.732. The van der Waals surface area contributed by atoms with Gasteiger partial charge >= 0.3 is 0 Å². The zero-order chi connectivity index (χ0) is 18.4. The van der Waals surface area contributed by atoms with E-state index in [1.807, 2.05) is 25.1 Å². The average Bonchev–Trinajstić information content (AvgIpc) is 2.98. The van der Waals surface area contributed by atoms with E-state index in [2.05, 4.69) is 10.6 Å². The topological polar surface area (TPSA) is 81.8 Å². The lowest BCUT2D eigenvalue weighted by molar-refractivity contribution is -0.129. The number of nitrogens with one attached hydrogen (secondary N) is 2. The molecule has 0 bridgehead atoms. The van der Waals surface area contributed by atoms with Crippen molar-refractivity contribution in [1.82, 2.24) is 20.4 Å². The lowest BCUT2D eigenvalue weighted by Gasteiger charge is -2.19. The summed E-state index contributed by atoms with van der Waals surface area (Å²) in [6, 6.07) is 7.12. The first-order valence-corrected chi connectivity index (χ1v) is 8.42. The minimum atomic E-state index is -0.309. The lowest BCUT2D eigenvalue weighted by Crippen LogP contribution is -2.35. The van der Waals surface area contributed by atoms with Crippen LogP contribution in [-0.2, 0) is 16.1 Å². The van der Waals surface area contributed by atoms with Crippen molar-refractivity contribution < 1.29 is 14.4 Å². The van der Waals surface area contributed by atoms with E-state index in [1.165, 1.54) is 0 Å². The van der Waals surface area contributed by atoms with Crippen LogP contribution in [0.3, 0.4) is 0 Å². The van der Waals surface area contributed by atoms with Gasteiger partial charge in [-0.1, -0.05) is 12.1 Å². The van der Waals surface area contributed by atoms with Crippen molar-refractivity contribution in [2.75, 3.05) is 40.8 Å². The van der Waals surface area contributed by atoms with Crippen LogP contribution in [0.1, 0.15) is 22.3 Å². The van der Waals surface area contributed by atoms with Gasteiger partial charge in [0.1, 0.15) is 0 Å². The first-order chi connectivity index (χ1) is 11.9. The fourth-order valence-electron chi connectivity index (χ4n) is 2.78. The van der Waals surface area contributed by atoms with Crippen LogP contribution in [-0.4, -0.2) is 68.3 Å². The second-order valence-corrected chi connectivity index (χ2v) is 6.54. The normalized spacial score (nSPS) is 17.0. The molecule has 0 aromatic heterocycles. The summed E-state index contributed by atoms with van der Waals surface area (Å²) in [6.45, 7) is 2.24. The molecule has 136 valence electrons. The van der Waals surface area contributed by atoms with Crippen LogP contribution >= 0.6 is 0 Å². The van der Waals surface area contributed by atoms with Crippen LogP contribution in [0, 0.1) is 5.92 Å². The third-order valence-electron chi connectivity index (χ3n) is 4.29. The summed E-state index contributed by atoms with van der Waals surface area (Å²) >= 11 is 0. The molecule has 1 heterocycles. The minimum Gasteiger partial charge on any atom is -0.355 e. The van der Waals surface area contributed by atoms with Gasteiger partial charge in [0.15, 0.2) is 0 Å². The van der Waals surface area contributed by atoms with Crippen molar-refractivity contribution in [2.45, 2.75) is 13.0 Å². The number of hydrogen-bond donors (Lipinski definition) is 2. The first-order valence-electron chi connectivity index (χ1n) is 8.42. The first kappa shape index (κ1) is 18.9. The van der Waals surface area contributed by atoms with Crippen molar-refractivity contribution in [1.29, 1.82) is 0 Å². The molecule has 1 aliphatic rings. The molecule has 0 unspecified atom stereocenters. The van der Waals surface area contributed by atoms with Gasteiger partial charge in [0.25, 0.3) is 5.91 Å². The lowest BCUT2D eigenvalue weighted by atomic mass is 10.1. The van der Waals surface area contributed by atoms with Gasteiger partial charge in [-0.25, -0.2) is 0 Å². The van der Waals surface area contributed by atoms with E-state index >= 15 is 0 Å². The van der Waals surface area contributed by atoms with Gasteiger partial charge in [-0.05, 0) is 31.8 Å². The maximum Gasteiger partial charge on any atom is 0.251 e. The number of carbonyl (C=O) groups is 3. The van der Waals surface area contributed by atoms with Crippen molar-refractivity contribution >= 4 is 17.7 Å². The van der Waals surface area contributed by atoms with Crippen LogP contribution in [0.4, 0.5) is 0 Å². The zero-order valence-corrected chi connectivity index (χ0v) is 15.0. The predicted molar refractivity (Wildman–Crippen MR) is 94.9 cm³/mol. The van der Waals surface area contributed by atoms with Gasteiger partial charge in [0.05, 0.1) is 5.92 Å². The highest BCUT2D eigenvalue weighted by Crippen LogP contribution is 2.18. The highest BCUT2D eigenvalue weighted by atomic mass is 16.2. The summed E-state index contributed by atoms with van der Waals surface area (Å²) in [6.07, 6.45) is 0.261. The van der Waals surface area contributed by atoms with Crippen molar-refractivity contribution in [3.05, 3.63) is 35.4 Å². The number of rotatable bonds is 7. The number of nitrogens with zero attached hydrogens (tertiary/aromatic N) is 2. The highest BCUT2D eigenvalue weighted by Gasteiger charge is 2.33. The Bertz CT molecular complexity index is 645. The van der Waals surface area contributed by atoms with Crippen molar-refractivity contribution in [3.8, 4) is 0 Å². The monoisotopic (exact) mass is 346 g/mol. The van der Waals surface area contributed by atoms with Crippen LogP contribution < -0.4 is 10.6 Å². The van der Waals surface area contributed by atoms with Gasteiger partial charge in [-0.3, -0.25) is 14.4 Å². The summed E-state index contributed by atoms with van der Waals surface area (Å²) in [7, 11) is 5.49. The molecule has 7 heteroatoms. The zero-order valence-electron chi connectivity index (χ0n) is 15.0. The number of benzene rings is 1. The SMILES string of the molecule is CNC(=O)c1cccc(CNC(=O)[C@@H]2CC(=O)N(CCN(C)C)C2)c1. The fraction of sp³-hybridized carbons (Fsp3) is 0.500. The molecule has 2 rings (SSSR count). The van der Waals surface area contributed by atoms with E-state index in [-0.39, 0.29) is 30.1 Å². The van der Waals surface area contributed by atoms with Crippen molar-refractivity contribution in [3.63, 3.8) is 0 Å². The standard InChI is InChI=1S/C18H26N4O3/c1-19-17(24)14-6-4-5-13(9-14)11-20-18(25)15-10-16(23)22(12-15)8-7-21(2)3/h4-6,9,15H,7-8,10-12H2,1-3H3,(H,19,24)(H,20,25)/t15-/m1/s1. The molecule has 0 spiro atoms. The molecule has 0 radical (unpaired) electrons. The summed E-state index contributed by atoms with van der Waals surface area (Å²) in [5.41, 5.74) is 1.41. The minimum absolute atomic E-state index is 0.0311. The van der Waals surface area contributed by atoms with E-state index < -0.39 is 0 Å². The molecule has 1 aromatic carbocycles. The Kier molecular flexibility index (Phi) is 6.52. The summed E-state index contributed by atoms with van der Waals surface area (Å²) in [5.74, 6) is -0.558. The number of carbonyl (C=O) groups excluding carboxylic acids is 3. The molecular formula is C18H26N4O3. The van der Waals surface area contributed by atoms with Crippen LogP contribution in [0.25, 0.3) is 0 Å². The van der Waals surface area contributed by atoms with Gasteiger partial charge in [0, 0.05) is 45.2 Å². The van der Waals surface area contributed by atoms with Crippen LogP contribution in [0.15, 0.2) is 24.3 Å². The number of likely N-dealkylation sites (tertiary alicyclic amines) is 1. The number of likely N-dealkylation sites (N-methyl/N-ethyl adjacent to an activating group) is 1. The van der Waals surface area contributed by atoms with Gasteiger partial charge < -0.3 is 20.4 Å². The molecule has 1 atom stereocenters. The second kappa shape index (κ2) is 8.62. The molecular weight excluding hydrogens is 320 g/mol. The Balaban J connectivity index is 1.86. The Hall–Kier alpha value is -2.41. The third-order valence-corrected chi connectivity index (χ3v) is 4.29. The van der Waals surface area contributed by atoms with Crippen LogP contribution in [0.2, 0.25) is 0 Å². The Morgan fingerprint density at radius 1 is 1.32 bits per heavy atom. The maximum atomic E-state index is 12.3. The molecule has 1 saturated heterocycles. The molecule has 2 N–H and O–H groups in total. The second-order valence-electron chi connectivity index (χ2n) is 6.54. The Morgan fingerprint density at radius 2 is 2.08 bits per heavy atom. The van der Waals surface area contributed by atoms with E-state index in [9.17, 15) is 14.4 Å². The molecule has 1 aliphatic heterocycles. The largest absolute Gasteiger partial charge is 0.355 e. The van der Waals surface area contributed by atoms with E-state index in [0.29, 0.717) is 25.2 Å². The highest BCUT2D eigenvalue weighted by molar-refractivity contribution is 5.94. The molecule has 0 aliphatic carbocycles. The smallest absolute Gasteiger partial charge is 0.251 e. The summed E-state index contributed by atoms with van der Waals surface area (Å²) < 4.78 is 0. The Labute approximate surface area is 148 Å². The molecule has 25 heavy (non-hydrogen) atoms. The Morgan fingerprint density at radius 3 is 2.76 bits per heavy atom. The van der Waals surface area contributed by atoms with E-state index in [4.69, 9.17) is 0 Å². The summed E-state index contributed by atoms with van der Waals surface area (Å²) in [4.78, 5) is 39.8. The number of amides is 3. The molecule has 1 aromatic rings. The van der Waals surface area contributed by atoms with Gasteiger partial charge in [-0.2, -0.15) is 0 Å². The average molecular weight is 346 g/mol.